The number of aryl methyl sites for hydroxylation is 1. The highest BCUT2D eigenvalue weighted by atomic mass is 79.9. The number of hydrogen-bond donors (Lipinski definition) is 0. The Morgan fingerprint density at radius 1 is 0.594 bits per heavy atom. The quantitative estimate of drug-likeness (QED) is 0.163. The maximum absolute atomic E-state index is 2.31. The fourth-order valence-electron chi connectivity index (χ4n) is 4.01. The summed E-state index contributed by atoms with van der Waals surface area (Å²) in [5.74, 6) is 0. The van der Waals surface area contributed by atoms with Crippen LogP contribution in [-0.4, -0.2) is 0 Å². The topological polar surface area (TPSA) is 3.88 Å². The highest BCUT2D eigenvalue weighted by Crippen LogP contribution is 2.13. The lowest BCUT2D eigenvalue weighted by molar-refractivity contribution is -0.692. The van der Waals surface area contributed by atoms with Crippen molar-refractivity contribution in [3.63, 3.8) is 0 Å². The van der Waals surface area contributed by atoms with Crippen molar-refractivity contribution < 1.29 is 21.5 Å². The Morgan fingerprint density at radius 2 is 1.00 bits per heavy atom. The number of unbranched alkanes of at least 4 members (excludes halogenated alkanes) is 13. The molecule has 2 aromatic carbocycles. The van der Waals surface area contributed by atoms with Crippen LogP contribution in [0.25, 0.3) is 10.8 Å². The Balaban J connectivity index is 0.000000385. The third kappa shape index (κ3) is 14.1. The van der Waals surface area contributed by atoms with Gasteiger partial charge in [0.1, 0.15) is 6.54 Å². The summed E-state index contributed by atoms with van der Waals surface area (Å²) in [5.41, 5.74) is 2.21. The first-order valence-electron chi connectivity index (χ1n) is 12.7. The van der Waals surface area contributed by atoms with Crippen molar-refractivity contribution in [2.75, 3.05) is 0 Å². The van der Waals surface area contributed by atoms with Crippen molar-refractivity contribution in [3.05, 3.63) is 65.6 Å². The standard InChI is InChI=1S/C19H36NS.C10H8.BrH/c1-2-3-4-5-6-7-8-9-10-11-12-13-14-15-16-20-17-18-21-19-20;1-2-6-10-8-4-3-7-9(10)5-1;/h17-19H,2-16H2,1H3;1-8H;1H/q+1;;/p-1. The number of rotatable bonds is 15. The minimum atomic E-state index is 0. The Hall–Kier alpha value is -1.19. The third-order valence-corrected chi connectivity index (χ3v) is 6.63. The van der Waals surface area contributed by atoms with Crippen LogP contribution >= 0.6 is 11.3 Å². The molecular formula is C29H44BrNS. The molecule has 1 aromatic heterocycles. The first-order chi connectivity index (χ1) is 15.4. The molecule has 0 aliphatic carbocycles. The van der Waals surface area contributed by atoms with E-state index in [0.717, 1.165) is 0 Å². The summed E-state index contributed by atoms with van der Waals surface area (Å²) in [6.07, 6.45) is 22.4. The van der Waals surface area contributed by atoms with Gasteiger partial charge in [0.15, 0.2) is 6.20 Å². The number of aromatic nitrogens is 1. The second-order valence-electron chi connectivity index (χ2n) is 8.71. The number of hydrogen-bond acceptors (Lipinski definition) is 1. The van der Waals surface area contributed by atoms with Crippen LogP contribution in [0.5, 0.6) is 0 Å². The molecule has 0 fully saturated rings. The van der Waals surface area contributed by atoms with Crippen LogP contribution in [0, 0.1) is 0 Å². The summed E-state index contributed by atoms with van der Waals surface area (Å²) in [6.45, 7) is 3.50. The molecule has 0 spiro atoms. The fraction of sp³-hybridized carbons (Fsp3) is 0.552. The summed E-state index contributed by atoms with van der Waals surface area (Å²) >= 11 is 1.79. The zero-order valence-electron chi connectivity index (χ0n) is 20.2. The minimum absolute atomic E-state index is 0. The lowest BCUT2D eigenvalue weighted by atomic mass is 10.0. The Morgan fingerprint density at radius 3 is 1.38 bits per heavy atom. The summed E-state index contributed by atoms with van der Waals surface area (Å²) in [5, 5.41) is 4.78. The first kappa shape index (κ1) is 28.8. The summed E-state index contributed by atoms with van der Waals surface area (Å²) in [7, 11) is 0. The highest BCUT2D eigenvalue weighted by molar-refractivity contribution is 7.07. The van der Waals surface area contributed by atoms with Crippen LogP contribution in [0.3, 0.4) is 0 Å². The van der Waals surface area contributed by atoms with Gasteiger partial charge in [0.05, 0.1) is 5.38 Å². The van der Waals surface area contributed by atoms with Crippen LogP contribution in [-0.2, 0) is 6.54 Å². The number of benzene rings is 2. The van der Waals surface area contributed by atoms with Gasteiger partial charge in [-0.15, -0.1) is 0 Å². The molecule has 0 unspecified atom stereocenters. The zero-order valence-corrected chi connectivity index (χ0v) is 22.6. The number of fused-ring (bicyclic) bond motifs is 1. The number of nitrogens with zero attached hydrogens (tertiary/aromatic N) is 1. The van der Waals surface area contributed by atoms with Crippen molar-refractivity contribution in [3.8, 4) is 0 Å². The monoisotopic (exact) mass is 517 g/mol. The molecule has 32 heavy (non-hydrogen) atoms. The maximum Gasteiger partial charge on any atom is 0.224 e. The Bertz CT molecular complexity index is 706. The van der Waals surface area contributed by atoms with Crippen molar-refractivity contribution >= 4 is 22.1 Å². The van der Waals surface area contributed by atoms with Gasteiger partial charge in [-0.2, -0.15) is 4.57 Å². The molecule has 1 heterocycles. The van der Waals surface area contributed by atoms with E-state index in [-0.39, 0.29) is 17.0 Å². The van der Waals surface area contributed by atoms with Gasteiger partial charge < -0.3 is 17.0 Å². The smallest absolute Gasteiger partial charge is 0.224 e. The van der Waals surface area contributed by atoms with Crippen molar-refractivity contribution in [1.29, 1.82) is 0 Å². The average molecular weight is 519 g/mol. The van der Waals surface area contributed by atoms with E-state index < -0.39 is 0 Å². The molecule has 0 amide bonds. The molecule has 1 nitrogen and oxygen atoms in total. The normalized spacial score (nSPS) is 10.4. The SMILES string of the molecule is CCCCCCCCCCCCCCCC[n+]1ccsc1.[Br-].c1ccc2ccccc2c1. The van der Waals surface area contributed by atoms with Crippen LogP contribution in [0.2, 0.25) is 0 Å². The van der Waals surface area contributed by atoms with Crippen molar-refractivity contribution in [2.24, 2.45) is 0 Å². The van der Waals surface area contributed by atoms with E-state index in [9.17, 15) is 0 Å². The second-order valence-corrected chi connectivity index (χ2v) is 9.46. The molecule has 3 rings (SSSR count). The van der Waals surface area contributed by atoms with Crippen molar-refractivity contribution in [1.82, 2.24) is 0 Å². The average Bonchev–Trinajstić information content (AvgIpc) is 3.33. The van der Waals surface area contributed by atoms with Gasteiger partial charge in [-0.1, -0.05) is 144 Å². The minimum Gasteiger partial charge on any atom is -1.00 e. The Kier molecular flexibility index (Phi) is 18.4. The van der Waals surface area contributed by atoms with E-state index in [2.05, 4.69) is 77.1 Å². The maximum atomic E-state index is 2.31. The summed E-state index contributed by atoms with van der Waals surface area (Å²) < 4.78 is 2.31. The predicted molar refractivity (Wildman–Crippen MR) is 139 cm³/mol. The van der Waals surface area contributed by atoms with Crippen molar-refractivity contribution in [2.45, 2.75) is 103 Å². The van der Waals surface area contributed by atoms with Gasteiger partial charge in [-0.25, -0.2) is 0 Å². The largest absolute Gasteiger partial charge is 1.00 e. The Labute approximate surface area is 212 Å². The second kappa shape index (κ2) is 20.4. The molecule has 3 aromatic rings. The van der Waals surface area contributed by atoms with Crippen LogP contribution in [0.4, 0.5) is 0 Å². The molecule has 0 aliphatic heterocycles. The summed E-state index contributed by atoms with van der Waals surface area (Å²) in [6, 6.07) is 16.7. The van der Waals surface area contributed by atoms with E-state index in [1.54, 1.807) is 11.3 Å². The van der Waals surface area contributed by atoms with Gasteiger partial charge >= 0.3 is 0 Å². The zero-order chi connectivity index (χ0) is 21.8. The van der Waals surface area contributed by atoms with Gasteiger partial charge in [0.25, 0.3) is 0 Å². The molecule has 0 bridgehead atoms. The molecular weight excluding hydrogens is 474 g/mol. The molecule has 3 heteroatoms. The molecule has 0 aliphatic rings. The molecule has 178 valence electrons. The van der Waals surface area contributed by atoms with E-state index in [0.29, 0.717) is 0 Å². The van der Waals surface area contributed by atoms with Gasteiger partial charge in [-0.3, -0.25) is 0 Å². The molecule has 0 N–H and O–H groups in total. The molecule has 0 atom stereocenters. The van der Waals surface area contributed by atoms with E-state index in [1.165, 1.54) is 107 Å². The summed E-state index contributed by atoms with van der Waals surface area (Å²) in [4.78, 5) is 0. The number of thiazole rings is 1. The third-order valence-electron chi connectivity index (χ3n) is 5.96. The molecule has 0 saturated heterocycles. The van der Waals surface area contributed by atoms with Crippen LogP contribution in [0.1, 0.15) is 96.8 Å². The van der Waals surface area contributed by atoms with E-state index >= 15 is 0 Å². The lowest BCUT2D eigenvalue weighted by Crippen LogP contribution is -3.00. The highest BCUT2D eigenvalue weighted by Gasteiger charge is 1.99. The first-order valence-corrected chi connectivity index (χ1v) is 13.7. The van der Waals surface area contributed by atoms with Crippen LogP contribution in [0.15, 0.2) is 65.6 Å². The fourth-order valence-corrected chi connectivity index (χ4v) is 4.64. The molecule has 0 saturated carbocycles. The van der Waals surface area contributed by atoms with Gasteiger partial charge in [0, 0.05) is 6.42 Å². The molecule has 0 radical (unpaired) electrons. The van der Waals surface area contributed by atoms with Crippen LogP contribution < -0.4 is 21.5 Å². The van der Waals surface area contributed by atoms with E-state index in [4.69, 9.17) is 0 Å². The predicted octanol–water partition coefficient (Wildman–Crippen LogP) is 6.36. The van der Waals surface area contributed by atoms with Gasteiger partial charge in [0.2, 0.25) is 5.51 Å². The number of halogens is 1. The lowest BCUT2D eigenvalue weighted by Gasteiger charge is -2.02. The van der Waals surface area contributed by atoms with E-state index in [1.807, 2.05) is 0 Å². The van der Waals surface area contributed by atoms with Gasteiger partial charge in [-0.05, 0) is 17.2 Å².